The van der Waals surface area contributed by atoms with Crippen molar-refractivity contribution in [3.63, 3.8) is 0 Å². The van der Waals surface area contributed by atoms with E-state index >= 15 is 0 Å². The zero-order chi connectivity index (χ0) is 14.5. The summed E-state index contributed by atoms with van der Waals surface area (Å²) >= 11 is 0. The van der Waals surface area contributed by atoms with Gasteiger partial charge in [-0.3, -0.25) is 10.1 Å². The van der Waals surface area contributed by atoms with Crippen LogP contribution in [0.4, 0.5) is 5.69 Å². The number of benzene rings is 1. The second-order valence-corrected chi connectivity index (χ2v) is 4.25. The molecule has 0 bridgehead atoms. The molecule has 1 unspecified atom stereocenters. The third-order valence-electron chi connectivity index (χ3n) is 2.60. The molecule has 0 aliphatic heterocycles. The van der Waals surface area contributed by atoms with Crippen molar-refractivity contribution in [1.29, 1.82) is 0 Å². The number of ether oxygens (including phenoxy) is 1. The fraction of sp³-hybridized carbons (Fsp3) is 0.417. The predicted molar refractivity (Wildman–Crippen MR) is 67.4 cm³/mol. The van der Waals surface area contributed by atoms with Gasteiger partial charge in [0.05, 0.1) is 12.0 Å². The number of esters is 1. The summed E-state index contributed by atoms with van der Waals surface area (Å²) in [5.74, 6) is -0.762. The minimum Gasteiger partial charge on any atom is -0.467 e. The smallest absolute Gasteiger partial charge is 0.338 e. The van der Waals surface area contributed by atoms with Crippen LogP contribution in [0.5, 0.6) is 0 Å². The van der Waals surface area contributed by atoms with E-state index < -0.39 is 16.5 Å². The van der Waals surface area contributed by atoms with Gasteiger partial charge in [-0.25, -0.2) is 4.79 Å². The molecular formula is C12H16N2O5. The molecule has 0 fully saturated rings. The van der Waals surface area contributed by atoms with Gasteiger partial charge in [0.15, 0.2) is 5.60 Å². The maximum atomic E-state index is 11.2. The molecule has 19 heavy (non-hydrogen) atoms. The Morgan fingerprint density at radius 2 is 2.16 bits per heavy atom. The van der Waals surface area contributed by atoms with Crippen LogP contribution in [0, 0.1) is 10.1 Å². The summed E-state index contributed by atoms with van der Waals surface area (Å²) in [7, 11) is 1.18. The van der Waals surface area contributed by atoms with Crippen LogP contribution in [0.15, 0.2) is 24.3 Å². The number of hydrogen-bond acceptors (Lipinski definition) is 6. The first-order valence-corrected chi connectivity index (χ1v) is 5.62. The molecule has 104 valence electrons. The monoisotopic (exact) mass is 268 g/mol. The number of carbonyl (C=O) groups is 1. The van der Waals surface area contributed by atoms with E-state index in [1.807, 2.05) is 0 Å². The second kappa shape index (κ2) is 6.26. The molecule has 0 radical (unpaired) electrons. The molecular weight excluding hydrogens is 252 g/mol. The Kier molecular flexibility index (Phi) is 4.96. The van der Waals surface area contributed by atoms with Crippen molar-refractivity contribution >= 4 is 11.7 Å². The van der Waals surface area contributed by atoms with Crippen LogP contribution in [0.25, 0.3) is 0 Å². The molecule has 2 N–H and O–H groups in total. The number of nitro benzene ring substituents is 1. The maximum Gasteiger partial charge on any atom is 0.338 e. The largest absolute Gasteiger partial charge is 0.467 e. The van der Waals surface area contributed by atoms with Crippen molar-refractivity contribution in [3.05, 3.63) is 39.9 Å². The van der Waals surface area contributed by atoms with Crippen LogP contribution in [0.1, 0.15) is 12.5 Å². The van der Waals surface area contributed by atoms with Crippen molar-refractivity contribution in [3.8, 4) is 0 Å². The first-order valence-electron chi connectivity index (χ1n) is 5.62. The molecule has 0 amide bonds. The van der Waals surface area contributed by atoms with Crippen LogP contribution in [-0.2, 0) is 16.1 Å². The van der Waals surface area contributed by atoms with E-state index in [1.54, 1.807) is 18.2 Å². The average molecular weight is 268 g/mol. The lowest BCUT2D eigenvalue weighted by molar-refractivity contribution is -0.385. The predicted octanol–water partition coefficient (Wildman–Crippen LogP) is 0.608. The Morgan fingerprint density at radius 1 is 1.53 bits per heavy atom. The van der Waals surface area contributed by atoms with E-state index in [2.05, 4.69) is 10.1 Å². The quantitative estimate of drug-likeness (QED) is 0.445. The van der Waals surface area contributed by atoms with Gasteiger partial charge >= 0.3 is 5.97 Å². The lowest BCUT2D eigenvalue weighted by atomic mass is 10.1. The lowest BCUT2D eigenvalue weighted by Gasteiger charge is -2.20. The van der Waals surface area contributed by atoms with Gasteiger partial charge < -0.3 is 15.2 Å². The van der Waals surface area contributed by atoms with E-state index in [0.717, 1.165) is 0 Å². The summed E-state index contributed by atoms with van der Waals surface area (Å²) in [5.41, 5.74) is -1.20. The molecule has 0 saturated carbocycles. The Balaban J connectivity index is 2.64. The summed E-state index contributed by atoms with van der Waals surface area (Å²) in [6.07, 6.45) is 0. The van der Waals surface area contributed by atoms with Crippen molar-refractivity contribution in [2.24, 2.45) is 0 Å². The summed E-state index contributed by atoms with van der Waals surface area (Å²) in [5, 5.41) is 23.4. The van der Waals surface area contributed by atoms with E-state index in [9.17, 15) is 20.0 Å². The number of nitro groups is 1. The van der Waals surface area contributed by atoms with E-state index in [1.165, 1.54) is 20.1 Å². The van der Waals surface area contributed by atoms with Crippen LogP contribution in [0.3, 0.4) is 0 Å². The van der Waals surface area contributed by atoms with Crippen LogP contribution >= 0.6 is 0 Å². The van der Waals surface area contributed by atoms with Crippen molar-refractivity contribution in [1.82, 2.24) is 5.32 Å². The van der Waals surface area contributed by atoms with E-state index in [0.29, 0.717) is 5.56 Å². The third-order valence-corrected chi connectivity index (χ3v) is 2.60. The average Bonchev–Trinajstić information content (AvgIpc) is 2.37. The molecule has 0 saturated heterocycles. The number of nitrogens with zero attached hydrogens (tertiary/aromatic N) is 1. The first kappa shape index (κ1) is 15.1. The van der Waals surface area contributed by atoms with Crippen molar-refractivity contribution in [2.45, 2.75) is 19.1 Å². The molecule has 0 aromatic heterocycles. The molecule has 0 spiro atoms. The summed E-state index contributed by atoms with van der Waals surface area (Å²) < 4.78 is 4.44. The van der Waals surface area contributed by atoms with Crippen molar-refractivity contribution < 1.29 is 19.6 Å². The van der Waals surface area contributed by atoms with Gasteiger partial charge in [0.2, 0.25) is 0 Å². The minimum atomic E-state index is -1.67. The normalized spacial score (nSPS) is 13.6. The summed E-state index contributed by atoms with van der Waals surface area (Å²) in [6, 6.07) is 6.27. The van der Waals surface area contributed by atoms with Crippen LogP contribution < -0.4 is 5.32 Å². The molecule has 0 aliphatic rings. The SMILES string of the molecule is COC(=O)C(C)(O)CNCc1ccccc1[N+](=O)[O-]. The van der Waals surface area contributed by atoms with E-state index in [-0.39, 0.29) is 18.8 Å². The molecule has 7 nitrogen and oxygen atoms in total. The zero-order valence-corrected chi connectivity index (χ0v) is 10.8. The fourth-order valence-corrected chi connectivity index (χ4v) is 1.57. The summed E-state index contributed by atoms with van der Waals surface area (Å²) in [6.45, 7) is 1.42. The number of para-hydroxylation sites is 1. The second-order valence-electron chi connectivity index (χ2n) is 4.25. The Morgan fingerprint density at radius 3 is 2.74 bits per heavy atom. The van der Waals surface area contributed by atoms with E-state index in [4.69, 9.17) is 0 Å². The van der Waals surface area contributed by atoms with Gasteiger partial charge in [0, 0.05) is 24.7 Å². The minimum absolute atomic E-state index is 0.00675. The van der Waals surface area contributed by atoms with Gasteiger partial charge in [-0.05, 0) is 6.92 Å². The van der Waals surface area contributed by atoms with Gasteiger partial charge in [-0.15, -0.1) is 0 Å². The van der Waals surface area contributed by atoms with Crippen LogP contribution in [-0.4, -0.2) is 35.3 Å². The third kappa shape index (κ3) is 4.01. The highest BCUT2D eigenvalue weighted by Gasteiger charge is 2.30. The zero-order valence-electron chi connectivity index (χ0n) is 10.8. The van der Waals surface area contributed by atoms with Gasteiger partial charge in [-0.1, -0.05) is 18.2 Å². The number of methoxy groups -OCH3 is 1. The standard InChI is InChI=1S/C12H16N2O5/c1-12(16,11(15)19-2)8-13-7-9-5-3-4-6-10(9)14(17)18/h3-6,13,16H,7-8H2,1-2H3. The molecule has 7 heteroatoms. The summed E-state index contributed by atoms with van der Waals surface area (Å²) in [4.78, 5) is 21.5. The maximum absolute atomic E-state index is 11.2. The Labute approximate surface area is 110 Å². The van der Waals surface area contributed by atoms with Crippen LogP contribution in [0.2, 0.25) is 0 Å². The molecule has 0 heterocycles. The van der Waals surface area contributed by atoms with Gasteiger partial charge in [-0.2, -0.15) is 0 Å². The fourth-order valence-electron chi connectivity index (χ4n) is 1.57. The number of hydrogen-bond donors (Lipinski definition) is 2. The molecule has 1 rings (SSSR count). The van der Waals surface area contributed by atoms with Gasteiger partial charge in [0.25, 0.3) is 5.69 Å². The highest BCUT2D eigenvalue weighted by atomic mass is 16.6. The Hall–Kier alpha value is -1.99. The number of nitrogens with one attached hydrogen (secondary N) is 1. The lowest BCUT2D eigenvalue weighted by Crippen LogP contribution is -2.45. The first-order chi connectivity index (χ1) is 8.88. The molecule has 1 atom stereocenters. The van der Waals surface area contributed by atoms with Crippen molar-refractivity contribution in [2.75, 3.05) is 13.7 Å². The molecule has 1 aromatic carbocycles. The van der Waals surface area contributed by atoms with Gasteiger partial charge in [0.1, 0.15) is 0 Å². The molecule has 1 aromatic rings. The Bertz CT molecular complexity index is 473. The number of rotatable bonds is 6. The topological polar surface area (TPSA) is 102 Å². The highest BCUT2D eigenvalue weighted by molar-refractivity contribution is 5.78. The molecule has 0 aliphatic carbocycles. The highest BCUT2D eigenvalue weighted by Crippen LogP contribution is 2.17. The number of aliphatic hydroxyl groups is 1. The number of carbonyl (C=O) groups excluding carboxylic acids is 1.